The Morgan fingerprint density at radius 2 is 2.33 bits per heavy atom. The summed E-state index contributed by atoms with van der Waals surface area (Å²) in [6.45, 7) is 4.29. The molecule has 0 fully saturated rings. The smallest absolute Gasteiger partial charge is 0.204 e. The second kappa shape index (κ2) is 5.71. The minimum atomic E-state index is 0.0467. The highest BCUT2D eigenvalue weighted by atomic mass is 16.5. The lowest BCUT2D eigenvalue weighted by atomic mass is 10.2. The van der Waals surface area contributed by atoms with Gasteiger partial charge in [-0.3, -0.25) is 4.79 Å². The summed E-state index contributed by atoms with van der Waals surface area (Å²) in [7, 11) is 1.86. The van der Waals surface area contributed by atoms with Crippen molar-refractivity contribution < 1.29 is 9.53 Å². The molecule has 84 valence electrons. The second-order valence-corrected chi connectivity index (χ2v) is 3.84. The van der Waals surface area contributed by atoms with E-state index in [1.807, 2.05) is 36.9 Å². The first-order valence-corrected chi connectivity index (χ1v) is 5.41. The van der Waals surface area contributed by atoms with Crippen molar-refractivity contribution in [1.82, 2.24) is 4.57 Å². The van der Waals surface area contributed by atoms with Crippen molar-refractivity contribution in [2.45, 2.75) is 32.8 Å². The predicted molar refractivity (Wildman–Crippen MR) is 60.1 cm³/mol. The number of Topliss-reactive ketones (excluding diaryl/α,β-unsaturated/α-hetero) is 1. The Morgan fingerprint density at radius 3 is 2.87 bits per heavy atom. The van der Waals surface area contributed by atoms with Gasteiger partial charge in [0.2, 0.25) is 5.78 Å². The number of aromatic nitrogens is 1. The van der Waals surface area contributed by atoms with Crippen molar-refractivity contribution in [3.05, 3.63) is 24.0 Å². The molecule has 0 saturated carbocycles. The summed E-state index contributed by atoms with van der Waals surface area (Å²) < 4.78 is 7.28. The molecule has 1 aromatic rings. The number of hydrogen-bond acceptors (Lipinski definition) is 2. The molecule has 1 rings (SSSR count). The van der Waals surface area contributed by atoms with Crippen LogP contribution in [0.1, 0.15) is 37.2 Å². The average molecular weight is 209 g/mol. The van der Waals surface area contributed by atoms with Crippen LogP contribution in [-0.4, -0.2) is 23.1 Å². The number of ketones is 1. The largest absolute Gasteiger partial charge is 0.370 e. The van der Waals surface area contributed by atoms with E-state index in [9.17, 15) is 4.79 Å². The van der Waals surface area contributed by atoms with E-state index in [1.165, 1.54) is 0 Å². The molecule has 0 aliphatic heterocycles. The summed E-state index contributed by atoms with van der Waals surface area (Å²) in [6, 6.07) is 3.68. The summed E-state index contributed by atoms with van der Waals surface area (Å²) in [5.41, 5.74) is 0.707. The maximum absolute atomic E-state index is 11.7. The lowest BCUT2D eigenvalue weighted by Gasteiger charge is -2.11. The zero-order chi connectivity index (χ0) is 11.3. The molecule has 3 heteroatoms. The maximum atomic E-state index is 11.7. The van der Waals surface area contributed by atoms with Crippen LogP contribution in [0.2, 0.25) is 0 Å². The molecule has 15 heavy (non-hydrogen) atoms. The van der Waals surface area contributed by atoms with Crippen LogP contribution in [0.4, 0.5) is 0 Å². The summed E-state index contributed by atoms with van der Waals surface area (Å²) in [5, 5.41) is 0. The van der Waals surface area contributed by atoms with Crippen molar-refractivity contribution in [1.29, 1.82) is 0 Å². The number of hydrogen-bond donors (Lipinski definition) is 0. The Bertz CT molecular complexity index is 317. The molecule has 0 radical (unpaired) electrons. The summed E-state index contributed by atoms with van der Waals surface area (Å²) >= 11 is 0. The number of aryl methyl sites for hydroxylation is 1. The van der Waals surface area contributed by atoms with Crippen LogP contribution in [-0.2, 0) is 11.8 Å². The molecule has 0 amide bonds. The number of carbonyl (C=O) groups excluding carboxylic acids is 1. The fourth-order valence-electron chi connectivity index (χ4n) is 1.53. The molecule has 1 atom stereocenters. The van der Waals surface area contributed by atoms with Crippen LogP contribution >= 0.6 is 0 Å². The van der Waals surface area contributed by atoms with Crippen molar-refractivity contribution in [2.75, 3.05) is 6.61 Å². The molecule has 0 aromatic carbocycles. The van der Waals surface area contributed by atoms with Gasteiger partial charge in [-0.15, -0.1) is 0 Å². The quantitative estimate of drug-likeness (QED) is 0.674. The lowest BCUT2D eigenvalue weighted by Crippen LogP contribution is -2.17. The third kappa shape index (κ3) is 3.51. The second-order valence-electron chi connectivity index (χ2n) is 3.84. The highest BCUT2D eigenvalue weighted by molar-refractivity contribution is 5.95. The van der Waals surface area contributed by atoms with Gasteiger partial charge >= 0.3 is 0 Å². The molecule has 0 spiro atoms. The van der Waals surface area contributed by atoms with Crippen molar-refractivity contribution in [3.63, 3.8) is 0 Å². The molecule has 0 aliphatic carbocycles. The third-order valence-corrected chi connectivity index (χ3v) is 2.42. The zero-order valence-electron chi connectivity index (χ0n) is 9.69. The molecule has 3 nitrogen and oxygen atoms in total. The van der Waals surface area contributed by atoms with Gasteiger partial charge in [-0.2, -0.15) is 0 Å². The molecular weight excluding hydrogens is 190 g/mol. The van der Waals surface area contributed by atoms with Crippen molar-refractivity contribution in [2.24, 2.45) is 7.05 Å². The maximum Gasteiger partial charge on any atom is 0.204 e. The van der Waals surface area contributed by atoms with Gasteiger partial charge in [0.15, 0.2) is 0 Å². The van der Waals surface area contributed by atoms with E-state index in [-0.39, 0.29) is 18.5 Å². The van der Waals surface area contributed by atoms with Gasteiger partial charge in [-0.25, -0.2) is 0 Å². The number of rotatable bonds is 6. The van der Waals surface area contributed by atoms with Gasteiger partial charge in [0.1, 0.15) is 6.61 Å². The van der Waals surface area contributed by atoms with Gasteiger partial charge in [0.25, 0.3) is 0 Å². The first-order valence-electron chi connectivity index (χ1n) is 5.41. The molecule has 1 unspecified atom stereocenters. The van der Waals surface area contributed by atoms with Gasteiger partial charge in [-0.1, -0.05) is 13.3 Å². The average Bonchev–Trinajstić information content (AvgIpc) is 2.61. The van der Waals surface area contributed by atoms with E-state index in [0.717, 1.165) is 12.8 Å². The predicted octanol–water partition coefficient (Wildman–Crippen LogP) is 2.41. The van der Waals surface area contributed by atoms with Crippen molar-refractivity contribution >= 4 is 5.78 Å². The van der Waals surface area contributed by atoms with Crippen LogP contribution in [0, 0.1) is 0 Å². The van der Waals surface area contributed by atoms with Crippen molar-refractivity contribution in [3.8, 4) is 0 Å². The van der Waals surface area contributed by atoms with Crippen LogP contribution in [0.15, 0.2) is 18.3 Å². The highest BCUT2D eigenvalue weighted by Gasteiger charge is 2.10. The number of ether oxygens (including phenoxy) is 1. The van der Waals surface area contributed by atoms with Crippen LogP contribution < -0.4 is 0 Å². The SMILES string of the molecule is CCCC(C)OCC(=O)c1cccn1C. The van der Waals surface area contributed by atoms with E-state index in [2.05, 4.69) is 6.92 Å². The molecule has 1 aromatic heterocycles. The number of nitrogens with zero attached hydrogens (tertiary/aromatic N) is 1. The fraction of sp³-hybridized carbons (Fsp3) is 0.583. The Hall–Kier alpha value is -1.09. The highest BCUT2D eigenvalue weighted by Crippen LogP contribution is 2.05. The Morgan fingerprint density at radius 1 is 1.60 bits per heavy atom. The Labute approximate surface area is 91.0 Å². The fourth-order valence-corrected chi connectivity index (χ4v) is 1.53. The van der Waals surface area contributed by atoms with E-state index in [0.29, 0.717) is 5.69 Å². The summed E-state index contributed by atoms with van der Waals surface area (Å²) in [5.74, 6) is 0.0467. The molecule has 1 heterocycles. The zero-order valence-corrected chi connectivity index (χ0v) is 9.69. The molecule has 0 aliphatic rings. The molecule has 0 bridgehead atoms. The number of carbonyl (C=O) groups is 1. The summed E-state index contributed by atoms with van der Waals surface area (Å²) in [4.78, 5) is 11.7. The first kappa shape index (κ1) is 12.0. The molecular formula is C12H19NO2. The first-order chi connectivity index (χ1) is 7.15. The third-order valence-electron chi connectivity index (χ3n) is 2.42. The van der Waals surface area contributed by atoms with E-state index >= 15 is 0 Å². The van der Waals surface area contributed by atoms with Gasteiger partial charge in [-0.05, 0) is 25.5 Å². The van der Waals surface area contributed by atoms with E-state index in [4.69, 9.17) is 4.74 Å². The van der Waals surface area contributed by atoms with Gasteiger partial charge < -0.3 is 9.30 Å². The van der Waals surface area contributed by atoms with Crippen LogP contribution in [0.25, 0.3) is 0 Å². The minimum absolute atomic E-state index is 0.0467. The van der Waals surface area contributed by atoms with Crippen LogP contribution in [0.5, 0.6) is 0 Å². The van der Waals surface area contributed by atoms with Gasteiger partial charge in [0.05, 0.1) is 11.8 Å². The normalized spacial score (nSPS) is 12.7. The van der Waals surface area contributed by atoms with Crippen LogP contribution in [0.3, 0.4) is 0 Å². The monoisotopic (exact) mass is 209 g/mol. The van der Waals surface area contributed by atoms with E-state index in [1.54, 1.807) is 0 Å². The summed E-state index contributed by atoms with van der Waals surface area (Å²) in [6.07, 6.45) is 4.11. The molecule has 0 N–H and O–H groups in total. The Kier molecular flexibility index (Phi) is 4.56. The Balaban J connectivity index is 2.40. The topological polar surface area (TPSA) is 31.2 Å². The molecule has 0 saturated heterocycles. The van der Waals surface area contributed by atoms with Gasteiger partial charge in [0, 0.05) is 13.2 Å². The van der Waals surface area contributed by atoms with E-state index < -0.39 is 0 Å². The minimum Gasteiger partial charge on any atom is -0.370 e. The standard InChI is InChI=1S/C12H19NO2/c1-4-6-10(2)15-9-12(14)11-7-5-8-13(11)3/h5,7-8,10H,4,6,9H2,1-3H3. The lowest BCUT2D eigenvalue weighted by molar-refractivity contribution is 0.0484.